The SMILES string of the molecule is CNC(=O)CCNC(=O)c1ccc(N)c(C)c1. The first-order chi connectivity index (χ1) is 8.04. The number of benzene rings is 1. The molecule has 0 saturated carbocycles. The van der Waals surface area contributed by atoms with E-state index >= 15 is 0 Å². The Kier molecular flexibility index (Phi) is 4.51. The van der Waals surface area contributed by atoms with E-state index in [-0.39, 0.29) is 18.2 Å². The maximum absolute atomic E-state index is 11.7. The maximum Gasteiger partial charge on any atom is 0.251 e. The molecule has 1 aromatic carbocycles. The van der Waals surface area contributed by atoms with Crippen molar-refractivity contribution in [2.24, 2.45) is 0 Å². The van der Waals surface area contributed by atoms with Gasteiger partial charge in [-0.15, -0.1) is 0 Å². The van der Waals surface area contributed by atoms with Gasteiger partial charge in [0.2, 0.25) is 5.91 Å². The Labute approximate surface area is 100 Å². The first-order valence-corrected chi connectivity index (χ1v) is 5.39. The third-order valence-electron chi connectivity index (χ3n) is 2.45. The first-order valence-electron chi connectivity index (χ1n) is 5.39. The second-order valence-electron chi connectivity index (χ2n) is 3.75. The van der Waals surface area contributed by atoms with E-state index in [1.807, 2.05) is 6.92 Å². The largest absolute Gasteiger partial charge is 0.399 e. The van der Waals surface area contributed by atoms with E-state index in [4.69, 9.17) is 5.73 Å². The molecule has 0 aromatic heterocycles. The molecular formula is C12H17N3O2. The number of anilines is 1. The zero-order valence-electron chi connectivity index (χ0n) is 10.0. The van der Waals surface area contributed by atoms with Gasteiger partial charge in [-0.2, -0.15) is 0 Å². The smallest absolute Gasteiger partial charge is 0.251 e. The van der Waals surface area contributed by atoms with Gasteiger partial charge in [0.15, 0.2) is 0 Å². The number of nitrogens with one attached hydrogen (secondary N) is 2. The van der Waals surface area contributed by atoms with E-state index in [2.05, 4.69) is 10.6 Å². The minimum atomic E-state index is -0.197. The van der Waals surface area contributed by atoms with Gasteiger partial charge in [0.05, 0.1) is 0 Å². The standard InChI is InChI=1S/C12H17N3O2/c1-8-7-9(3-4-10(8)13)12(17)15-6-5-11(16)14-2/h3-4,7H,5-6,13H2,1-2H3,(H,14,16)(H,15,17). The van der Waals surface area contributed by atoms with Crippen LogP contribution in [0.2, 0.25) is 0 Å². The molecule has 92 valence electrons. The van der Waals surface area contributed by atoms with E-state index in [1.165, 1.54) is 0 Å². The third kappa shape index (κ3) is 3.79. The lowest BCUT2D eigenvalue weighted by atomic mass is 10.1. The third-order valence-corrected chi connectivity index (χ3v) is 2.45. The zero-order valence-corrected chi connectivity index (χ0v) is 10.0. The van der Waals surface area contributed by atoms with Crippen LogP contribution in [-0.2, 0) is 4.79 Å². The minimum Gasteiger partial charge on any atom is -0.399 e. The lowest BCUT2D eigenvalue weighted by Crippen LogP contribution is -2.29. The van der Waals surface area contributed by atoms with Crippen LogP contribution in [0.3, 0.4) is 0 Å². The summed E-state index contributed by atoms with van der Waals surface area (Å²) in [6.07, 6.45) is 0.274. The van der Waals surface area contributed by atoms with E-state index in [0.717, 1.165) is 5.56 Å². The fraction of sp³-hybridized carbons (Fsp3) is 0.333. The second-order valence-corrected chi connectivity index (χ2v) is 3.75. The summed E-state index contributed by atoms with van der Waals surface area (Å²) in [7, 11) is 1.56. The Morgan fingerprint density at radius 3 is 2.65 bits per heavy atom. The topological polar surface area (TPSA) is 84.2 Å². The lowest BCUT2D eigenvalue weighted by molar-refractivity contribution is -0.120. The highest BCUT2D eigenvalue weighted by Crippen LogP contribution is 2.12. The van der Waals surface area contributed by atoms with Crippen LogP contribution in [0.5, 0.6) is 0 Å². The van der Waals surface area contributed by atoms with Gasteiger partial charge in [-0.3, -0.25) is 9.59 Å². The molecule has 0 fully saturated rings. The summed E-state index contributed by atoms with van der Waals surface area (Å²) in [5.74, 6) is -0.296. The molecule has 17 heavy (non-hydrogen) atoms. The van der Waals surface area contributed by atoms with Gasteiger partial charge in [-0.1, -0.05) is 0 Å². The van der Waals surface area contributed by atoms with Gasteiger partial charge >= 0.3 is 0 Å². The molecular weight excluding hydrogens is 218 g/mol. The fourth-order valence-corrected chi connectivity index (χ4v) is 1.33. The van der Waals surface area contributed by atoms with Crippen LogP contribution in [0.15, 0.2) is 18.2 Å². The Balaban J connectivity index is 2.52. The van der Waals surface area contributed by atoms with Crippen LogP contribution in [0.4, 0.5) is 5.69 Å². The zero-order chi connectivity index (χ0) is 12.8. The highest BCUT2D eigenvalue weighted by atomic mass is 16.2. The van der Waals surface area contributed by atoms with E-state index < -0.39 is 0 Å². The van der Waals surface area contributed by atoms with Crippen LogP contribution in [0.1, 0.15) is 22.3 Å². The number of nitrogen functional groups attached to an aromatic ring is 1. The van der Waals surface area contributed by atoms with E-state index in [9.17, 15) is 9.59 Å². The Morgan fingerprint density at radius 1 is 1.35 bits per heavy atom. The summed E-state index contributed by atoms with van der Waals surface area (Å²) >= 11 is 0. The molecule has 1 aromatic rings. The molecule has 4 N–H and O–H groups in total. The summed E-state index contributed by atoms with van der Waals surface area (Å²) in [5.41, 5.74) is 7.74. The average Bonchev–Trinajstić information content (AvgIpc) is 2.32. The molecule has 0 aliphatic rings. The van der Waals surface area contributed by atoms with Gasteiger partial charge in [0.1, 0.15) is 0 Å². The fourth-order valence-electron chi connectivity index (χ4n) is 1.33. The minimum absolute atomic E-state index is 0.0983. The van der Waals surface area contributed by atoms with Crippen LogP contribution in [0.25, 0.3) is 0 Å². The van der Waals surface area contributed by atoms with Crippen molar-refractivity contribution in [1.29, 1.82) is 0 Å². The molecule has 0 aliphatic heterocycles. The van der Waals surface area contributed by atoms with Crippen molar-refractivity contribution in [2.45, 2.75) is 13.3 Å². The number of rotatable bonds is 4. The maximum atomic E-state index is 11.7. The predicted molar refractivity (Wildman–Crippen MR) is 66.6 cm³/mol. The average molecular weight is 235 g/mol. The Morgan fingerprint density at radius 2 is 2.06 bits per heavy atom. The summed E-state index contributed by atoms with van der Waals surface area (Å²) in [5, 5.41) is 5.16. The van der Waals surface area contributed by atoms with Crippen LogP contribution >= 0.6 is 0 Å². The van der Waals surface area contributed by atoms with Crippen LogP contribution < -0.4 is 16.4 Å². The molecule has 0 aliphatic carbocycles. The van der Waals surface area contributed by atoms with E-state index in [1.54, 1.807) is 25.2 Å². The predicted octanol–water partition coefficient (Wildman–Crippen LogP) is 0.443. The molecule has 5 nitrogen and oxygen atoms in total. The Hall–Kier alpha value is -2.04. The normalized spacial score (nSPS) is 9.76. The Bertz CT molecular complexity index is 430. The molecule has 0 saturated heterocycles. The molecule has 0 unspecified atom stereocenters. The van der Waals surface area contributed by atoms with Crippen molar-refractivity contribution < 1.29 is 9.59 Å². The van der Waals surface area contributed by atoms with Crippen molar-refractivity contribution in [1.82, 2.24) is 10.6 Å². The highest BCUT2D eigenvalue weighted by molar-refractivity contribution is 5.95. The summed E-state index contributed by atoms with van der Waals surface area (Å²) in [4.78, 5) is 22.6. The number of hydrogen-bond acceptors (Lipinski definition) is 3. The number of carbonyl (C=O) groups is 2. The van der Waals surface area contributed by atoms with Crippen molar-refractivity contribution in [3.8, 4) is 0 Å². The molecule has 5 heteroatoms. The second kappa shape index (κ2) is 5.89. The van der Waals surface area contributed by atoms with Gasteiger partial charge < -0.3 is 16.4 Å². The van der Waals surface area contributed by atoms with Crippen LogP contribution in [0, 0.1) is 6.92 Å². The van der Waals surface area contributed by atoms with E-state index in [0.29, 0.717) is 17.8 Å². The summed E-state index contributed by atoms with van der Waals surface area (Å²) in [6, 6.07) is 5.09. The number of carbonyl (C=O) groups excluding carboxylic acids is 2. The number of amides is 2. The molecule has 0 spiro atoms. The molecule has 2 amide bonds. The van der Waals surface area contributed by atoms with Crippen molar-refractivity contribution in [3.63, 3.8) is 0 Å². The molecule has 0 heterocycles. The van der Waals surface area contributed by atoms with Gasteiger partial charge in [-0.25, -0.2) is 0 Å². The lowest BCUT2D eigenvalue weighted by Gasteiger charge is -2.06. The van der Waals surface area contributed by atoms with Gasteiger partial charge in [0, 0.05) is 31.3 Å². The van der Waals surface area contributed by atoms with Crippen LogP contribution in [-0.4, -0.2) is 25.4 Å². The first kappa shape index (κ1) is 13.0. The molecule has 1 rings (SSSR count). The molecule has 0 bridgehead atoms. The number of aryl methyl sites for hydroxylation is 1. The monoisotopic (exact) mass is 235 g/mol. The molecule has 0 atom stereocenters. The molecule has 0 radical (unpaired) electrons. The van der Waals surface area contributed by atoms with Crippen molar-refractivity contribution in [2.75, 3.05) is 19.3 Å². The van der Waals surface area contributed by atoms with Crippen molar-refractivity contribution >= 4 is 17.5 Å². The van der Waals surface area contributed by atoms with Gasteiger partial charge in [0.25, 0.3) is 5.91 Å². The summed E-state index contributed by atoms with van der Waals surface area (Å²) in [6.45, 7) is 2.17. The van der Waals surface area contributed by atoms with Crippen molar-refractivity contribution in [3.05, 3.63) is 29.3 Å². The summed E-state index contributed by atoms with van der Waals surface area (Å²) < 4.78 is 0. The number of hydrogen-bond donors (Lipinski definition) is 3. The number of nitrogens with two attached hydrogens (primary N) is 1. The van der Waals surface area contributed by atoms with Gasteiger partial charge in [-0.05, 0) is 30.7 Å². The highest BCUT2D eigenvalue weighted by Gasteiger charge is 2.06. The quantitative estimate of drug-likeness (QED) is 0.662.